The van der Waals surface area contributed by atoms with Gasteiger partial charge in [0, 0.05) is 12.7 Å². The van der Waals surface area contributed by atoms with Crippen molar-refractivity contribution < 1.29 is 0 Å². The molecule has 3 rings (SSSR count). The van der Waals surface area contributed by atoms with Crippen molar-refractivity contribution in [3.63, 3.8) is 0 Å². The van der Waals surface area contributed by atoms with E-state index in [0.717, 1.165) is 0 Å². The van der Waals surface area contributed by atoms with Crippen LogP contribution in [-0.2, 0) is 25.7 Å². The van der Waals surface area contributed by atoms with E-state index in [1.807, 2.05) is 0 Å². The second-order valence-corrected chi connectivity index (χ2v) is 6.58. The largest absolute Gasteiger partial charge is 0.356 e. The molecule has 0 bridgehead atoms. The lowest BCUT2D eigenvalue weighted by Crippen LogP contribution is -2.52. The van der Waals surface area contributed by atoms with Gasteiger partial charge in [-0.05, 0) is 81.7 Å². The Hall–Kier alpha value is -1.02. The minimum Gasteiger partial charge on any atom is -0.356 e. The average Bonchev–Trinajstić information content (AvgIpc) is 3.02. The Morgan fingerprint density at radius 3 is 2.00 bits per heavy atom. The van der Waals surface area contributed by atoms with Crippen molar-refractivity contribution in [1.82, 2.24) is 5.32 Å². The lowest BCUT2D eigenvalue weighted by Gasteiger charge is -2.39. The summed E-state index contributed by atoms with van der Waals surface area (Å²) in [6.07, 6.45) is 7.76. The Morgan fingerprint density at radius 1 is 1.00 bits per heavy atom. The van der Waals surface area contributed by atoms with Crippen molar-refractivity contribution >= 4 is 5.69 Å². The highest BCUT2D eigenvalue weighted by Gasteiger charge is 2.30. The molecular formula is C17H26N2. The number of anilines is 1. The van der Waals surface area contributed by atoms with Crippen LogP contribution in [0.15, 0.2) is 6.07 Å². The number of nitrogens with zero attached hydrogens (tertiary/aromatic N) is 1. The van der Waals surface area contributed by atoms with E-state index < -0.39 is 0 Å². The average molecular weight is 258 g/mol. The molecule has 1 N–H and O–H groups in total. The number of hydrogen-bond donors (Lipinski definition) is 1. The van der Waals surface area contributed by atoms with Gasteiger partial charge in [-0.15, -0.1) is 0 Å². The van der Waals surface area contributed by atoms with E-state index in [1.54, 1.807) is 27.9 Å². The molecule has 0 fully saturated rings. The Labute approximate surface area is 117 Å². The minimum absolute atomic E-state index is 0.00801. The van der Waals surface area contributed by atoms with Crippen molar-refractivity contribution in [3.05, 3.63) is 28.3 Å². The van der Waals surface area contributed by atoms with Crippen LogP contribution in [0.1, 0.15) is 48.9 Å². The molecule has 0 unspecified atom stereocenters. The Morgan fingerprint density at radius 2 is 1.53 bits per heavy atom. The molecule has 0 aromatic heterocycles. The Kier molecular flexibility index (Phi) is 3.09. The van der Waals surface area contributed by atoms with Crippen molar-refractivity contribution in [2.45, 2.75) is 58.0 Å². The van der Waals surface area contributed by atoms with E-state index in [0.29, 0.717) is 0 Å². The van der Waals surface area contributed by atoms with Gasteiger partial charge in [0.15, 0.2) is 0 Å². The highest BCUT2D eigenvalue weighted by molar-refractivity contribution is 5.68. The first kappa shape index (κ1) is 13.0. The normalized spacial score (nSPS) is 17.5. The topological polar surface area (TPSA) is 15.3 Å². The third-order valence-corrected chi connectivity index (χ3v) is 5.23. The van der Waals surface area contributed by atoms with Crippen LogP contribution in [0.25, 0.3) is 0 Å². The monoisotopic (exact) mass is 258 g/mol. The predicted molar refractivity (Wildman–Crippen MR) is 82.0 cm³/mol. The van der Waals surface area contributed by atoms with Crippen LogP contribution in [-0.4, -0.2) is 19.8 Å². The lowest BCUT2D eigenvalue weighted by atomic mass is 9.96. The van der Waals surface area contributed by atoms with Crippen molar-refractivity contribution in [3.8, 4) is 0 Å². The summed E-state index contributed by atoms with van der Waals surface area (Å²) in [6.45, 7) is 4.53. The van der Waals surface area contributed by atoms with Crippen LogP contribution >= 0.6 is 0 Å². The number of benzene rings is 1. The molecule has 0 amide bonds. The Bertz CT molecular complexity index is 470. The third kappa shape index (κ3) is 1.97. The van der Waals surface area contributed by atoms with Gasteiger partial charge in [0.2, 0.25) is 0 Å². The Balaban J connectivity index is 2.15. The van der Waals surface area contributed by atoms with Crippen LogP contribution in [0.4, 0.5) is 5.69 Å². The smallest absolute Gasteiger partial charge is 0.0845 e. The second-order valence-electron chi connectivity index (χ2n) is 6.58. The molecule has 0 aliphatic heterocycles. The molecule has 104 valence electrons. The van der Waals surface area contributed by atoms with Crippen LogP contribution in [0, 0.1) is 0 Å². The van der Waals surface area contributed by atoms with Crippen LogP contribution in [0.3, 0.4) is 0 Å². The molecule has 1 aromatic rings. The van der Waals surface area contributed by atoms with Gasteiger partial charge in [0.05, 0.1) is 5.66 Å². The maximum Gasteiger partial charge on any atom is 0.0845 e. The zero-order valence-corrected chi connectivity index (χ0v) is 12.8. The van der Waals surface area contributed by atoms with Gasteiger partial charge in [-0.1, -0.05) is 6.07 Å². The van der Waals surface area contributed by atoms with Gasteiger partial charge in [-0.25, -0.2) is 0 Å². The van der Waals surface area contributed by atoms with Crippen LogP contribution in [0.2, 0.25) is 0 Å². The first-order valence-electron chi connectivity index (χ1n) is 7.64. The van der Waals surface area contributed by atoms with Crippen LogP contribution in [0.5, 0.6) is 0 Å². The van der Waals surface area contributed by atoms with Crippen molar-refractivity contribution in [1.29, 1.82) is 0 Å². The van der Waals surface area contributed by atoms with Crippen LogP contribution < -0.4 is 10.2 Å². The zero-order chi connectivity index (χ0) is 13.6. The number of aryl methyl sites for hydroxylation is 2. The second kappa shape index (κ2) is 4.52. The third-order valence-electron chi connectivity index (χ3n) is 5.23. The number of nitrogens with one attached hydrogen (secondary N) is 1. The molecule has 2 aliphatic rings. The maximum atomic E-state index is 3.45. The van der Waals surface area contributed by atoms with Gasteiger partial charge in [0.1, 0.15) is 0 Å². The van der Waals surface area contributed by atoms with Gasteiger partial charge < -0.3 is 4.90 Å². The summed E-state index contributed by atoms with van der Waals surface area (Å²) in [5, 5.41) is 3.45. The number of hydrogen-bond acceptors (Lipinski definition) is 2. The highest BCUT2D eigenvalue weighted by Crippen LogP contribution is 2.41. The summed E-state index contributed by atoms with van der Waals surface area (Å²) in [4.78, 5) is 2.47. The predicted octanol–water partition coefficient (Wildman–Crippen LogP) is 3.06. The first-order chi connectivity index (χ1) is 9.04. The molecule has 0 saturated heterocycles. The molecule has 0 heterocycles. The molecule has 2 aliphatic carbocycles. The van der Waals surface area contributed by atoms with Gasteiger partial charge >= 0.3 is 0 Å². The van der Waals surface area contributed by atoms with Gasteiger partial charge in [-0.2, -0.15) is 0 Å². The summed E-state index contributed by atoms with van der Waals surface area (Å²) in [6, 6.07) is 2.51. The van der Waals surface area contributed by atoms with Gasteiger partial charge in [0.25, 0.3) is 0 Å². The fourth-order valence-corrected chi connectivity index (χ4v) is 3.64. The standard InChI is InChI=1S/C17H26N2/c1-17(2,18-3)19(4)16-14-9-5-7-12(14)11-13-8-6-10-15(13)16/h11,18H,5-10H2,1-4H3. The zero-order valence-electron chi connectivity index (χ0n) is 12.8. The minimum atomic E-state index is 0.00801. The maximum absolute atomic E-state index is 3.45. The van der Waals surface area contributed by atoms with E-state index >= 15 is 0 Å². The van der Waals surface area contributed by atoms with E-state index in [1.165, 1.54) is 38.5 Å². The molecule has 19 heavy (non-hydrogen) atoms. The van der Waals surface area contributed by atoms with E-state index in [9.17, 15) is 0 Å². The van der Waals surface area contributed by atoms with E-state index in [4.69, 9.17) is 0 Å². The van der Waals surface area contributed by atoms with E-state index in [2.05, 4.69) is 44.2 Å². The summed E-state index contributed by atoms with van der Waals surface area (Å²) in [5.74, 6) is 0. The SMILES string of the molecule is CNC(C)(C)N(C)c1c2c(cc3c1CCC3)CCC2. The summed E-state index contributed by atoms with van der Waals surface area (Å²) < 4.78 is 0. The fourth-order valence-electron chi connectivity index (χ4n) is 3.64. The fraction of sp³-hybridized carbons (Fsp3) is 0.647. The highest BCUT2D eigenvalue weighted by atomic mass is 15.3. The molecule has 2 nitrogen and oxygen atoms in total. The molecule has 0 atom stereocenters. The summed E-state index contributed by atoms with van der Waals surface area (Å²) in [7, 11) is 4.31. The quantitative estimate of drug-likeness (QED) is 0.838. The first-order valence-corrected chi connectivity index (χ1v) is 7.64. The summed E-state index contributed by atoms with van der Waals surface area (Å²) in [5.41, 5.74) is 8.05. The number of fused-ring (bicyclic) bond motifs is 2. The molecule has 1 aromatic carbocycles. The molecule has 0 saturated carbocycles. The van der Waals surface area contributed by atoms with Crippen molar-refractivity contribution in [2.24, 2.45) is 0 Å². The molecule has 0 spiro atoms. The summed E-state index contributed by atoms with van der Waals surface area (Å²) >= 11 is 0. The molecular weight excluding hydrogens is 232 g/mol. The lowest BCUT2D eigenvalue weighted by molar-refractivity contribution is 0.416. The van der Waals surface area contributed by atoms with Gasteiger partial charge in [-0.3, -0.25) is 5.32 Å². The van der Waals surface area contributed by atoms with Crippen molar-refractivity contribution in [2.75, 3.05) is 19.0 Å². The van der Waals surface area contributed by atoms with E-state index in [-0.39, 0.29) is 5.66 Å². The molecule has 0 radical (unpaired) electrons. The molecule has 2 heteroatoms. The number of rotatable bonds is 3.